The minimum Gasteiger partial charge on any atom is -0.496 e. The fraction of sp³-hybridized carbons (Fsp3) is 0.533. The SMILES string of the molecule is COc1ccc(C(N)CC(=O)O)cc1CN1CCCC1. The van der Waals surface area contributed by atoms with E-state index < -0.39 is 12.0 Å². The number of carboxylic acid groups (broad SMARTS) is 1. The largest absolute Gasteiger partial charge is 0.496 e. The number of ether oxygens (including phenoxy) is 1. The Morgan fingerprint density at radius 3 is 2.75 bits per heavy atom. The zero-order valence-electron chi connectivity index (χ0n) is 11.8. The fourth-order valence-corrected chi connectivity index (χ4v) is 2.64. The second-order valence-corrected chi connectivity index (χ2v) is 5.26. The van der Waals surface area contributed by atoms with Gasteiger partial charge in [0.2, 0.25) is 0 Å². The van der Waals surface area contributed by atoms with Gasteiger partial charge >= 0.3 is 5.97 Å². The van der Waals surface area contributed by atoms with E-state index in [1.807, 2.05) is 18.2 Å². The van der Waals surface area contributed by atoms with Crippen LogP contribution < -0.4 is 10.5 Å². The maximum atomic E-state index is 10.8. The topological polar surface area (TPSA) is 75.8 Å². The van der Waals surface area contributed by atoms with E-state index in [1.165, 1.54) is 12.8 Å². The van der Waals surface area contributed by atoms with Crippen molar-refractivity contribution >= 4 is 5.97 Å². The predicted octanol–water partition coefficient (Wildman–Crippen LogP) is 1.77. The molecule has 1 aromatic carbocycles. The zero-order valence-corrected chi connectivity index (χ0v) is 11.8. The van der Waals surface area contributed by atoms with Crippen LogP contribution in [0.4, 0.5) is 0 Å². The van der Waals surface area contributed by atoms with Gasteiger partial charge in [-0.05, 0) is 43.6 Å². The Labute approximate surface area is 119 Å². The Balaban J connectivity index is 2.16. The summed E-state index contributed by atoms with van der Waals surface area (Å²) in [5.74, 6) is -0.0439. The molecule has 1 saturated heterocycles. The normalized spacial score (nSPS) is 17.1. The summed E-state index contributed by atoms with van der Waals surface area (Å²) in [6.07, 6.45) is 2.41. The number of benzene rings is 1. The highest BCUT2D eigenvalue weighted by atomic mass is 16.5. The molecule has 3 N–H and O–H groups in total. The summed E-state index contributed by atoms with van der Waals surface area (Å²) in [6, 6.07) is 5.23. The predicted molar refractivity (Wildman–Crippen MR) is 76.7 cm³/mol. The average molecular weight is 278 g/mol. The third kappa shape index (κ3) is 3.71. The first-order valence-corrected chi connectivity index (χ1v) is 6.96. The molecular formula is C15H22N2O3. The quantitative estimate of drug-likeness (QED) is 0.829. The maximum Gasteiger partial charge on any atom is 0.305 e. The molecule has 1 unspecified atom stereocenters. The fourth-order valence-electron chi connectivity index (χ4n) is 2.64. The van der Waals surface area contributed by atoms with Crippen molar-refractivity contribution in [3.8, 4) is 5.75 Å². The third-order valence-corrected chi connectivity index (χ3v) is 3.72. The van der Waals surface area contributed by atoms with Crippen molar-refractivity contribution < 1.29 is 14.6 Å². The molecule has 2 rings (SSSR count). The number of nitrogens with zero attached hydrogens (tertiary/aromatic N) is 1. The first-order chi connectivity index (χ1) is 9.60. The van der Waals surface area contributed by atoms with E-state index in [0.29, 0.717) is 0 Å². The summed E-state index contributed by atoms with van der Waals surface area (Å²) in [4.78, 5) is 13.1. The Morgan fingerprint density at radius 2 is 2.15 bits per heavy atom. The van der Waals surface area contributed by atoms with Gasteiger partial charge < -0.3 is 15.6 Å². The molecule has 20 heavy (non-hydrogen) atoms. The Bertz CT molecular complexity index is 470. The Morgan fingerprint density at radius 1 is 1.45 bits per heavy atom. The van der Waals surface area contributed by atoms with Crippen LogP contribution in [0.15, 0.2) is 18.2 Å². The molecule has 0 spiro atoms. The van der Waals surface area contributed by atoms with Gasteiger partial charge in [0, 0.05) is 18.2 Å². The van der Waals surface area contributed by atoms with Crippen molar-refractivity contribution in [2.45, 2.75) is 31.8 Å². The number of aliphatic carboxylic acids is 1. The van der Waals surface area contributed by atoms with Crippen LogP contribution in [0, 0.1) is 0 Å². The Kier molecular flexibility index (Phi) is 4.98. The van der Waals surface area contributed by atoms with Crippen LogP contribution in [0.3, 0.4) is 0 Å². The van der Waals surface area contributed by atoms with Gasteiger partial charge in [-0.25, -0.2) is 0 Å². The molecule has 0 bridgehead atoms. The van der Waals surface area contributed by atoms with Gasteiger partial charge in [-0.2, -0.15) is 0 Å². The van der Waals surface area contributed by atoms with Crippen LogP contribution in [0.5, 0.6) is 5.75 Å². The number of methoxy groups -OCH3 is 1. The molecule has 0 radical (unpaired) electrons. The summed E-state index contributed by atoms with van der Waals surface area (Å²) in [5.41, 5.74) is 7.86. The van der Waals surface area contributed by atoms with Gasteiger partial charge in [0.1, 0.15) is 5.75 Å². The summed E-state index contributed by atoms with van der Waals surface area (Å²) >= 11 is 0. The first kappa shape index (κ1) is 14.8. The summed E-state index contributed by atoms with van der Waals surface area (Å²) in [6.45, 7) is 3.04. The van der Waals surface area contributed by atoms with Crippen LogP contribution in [0.2, 0.25) is 0 Å². The smallest absolute Gasteiger partial charge is 0.305 e. The van der Waals surface area contributed by atoms with Crippen molar-refractivity contribution in [2.75, 3.05) is 20.2 Å². The van der Waals surface area contributed by atoms with Gasteiger partial charge in [0.05, 0.1) is 13.5 Å². The van der Waals surface area contributed by atoms with Crippen LogP contribution in [0.1, 0.15) is 36.4 Å². The van der Waals surface area contributed by atoms with Crippen LogP contribution in [-0.4, -0.2) is 36.2 Å². The van der Waals surface area contributed by atoms with E-state index in [4.69, 9.17) is 15.6 Å². The maximum absolute atomic E-state index is 10.8. The highest BCUT2D eigenvalue weighted by Gasteiger charge is 2.17. The lowest BCUT2D eigenvalue weighted by Gasteiger charge is -2.19. The molecule has 110 valence electrons. The number of carboxylic acids is 1. The van der Waals surface area contributed by atoms with E-state index in [9.17, 15) is 4.79 Å². The lowest BCUT2D eigenvalue weighted by Crippen LogP contribution is -2.20. The van der Waals surface area contributed by atoms with Crippen molar-refractivity contribution in [1.29, 1.82) is 0 Å². The summed E-state index contributed by atoms with van der Waals surface area (Å²) in [7, 11) is 1.65. The van der Waals surface area contributed by atoms with Gasteiger partial charge in [0.15, 0.2) is 0 Å². The van der Waals surface area contributed by atoms with E-state index in [0.717, 1.165) is 36.5 Å². The third-order valence-electron chi connectivity index (χ3n) is 3.72. The lowest BCUT2D eigenvalue weighted by atomic mass is 10.0. The van der Waals surface area contributed by atoms with E-state index in [2.05, 4.69) is 4.90 Å². The number of hydrogen-bond donors (Lipinski definition) is 2. The number of hydrogen-bond acceptors (Lipinski definition) is 4. The first-order valence-electron chi connectivity index (χ1n) is 6.96. The van der Waals surface area contributed by atoms with Crippen molar-refractivity contribution in [3.63, 3.8) is 0 Å². The molecule has 0 aromatic heterocycles. The number of carbonyl (C=O) groups is 1. The van der Waals surface area contributed by atoms with E-state index in [-0.39, 0.29) is 6.42 Å². The molecule has 1 aliphatic heterocycles. The van der Waals surface area contributed by atoms with Gasteiger partial charge in [-0.1, -0.05) is 6.07 Å². The molecule has 5 nitrogen and oxygen atoms in total. The van der Waals surface area contributed by atoms with Gasteiger partial charge in [-0.3, -0.25) is 9.69 Å². The van der Waals surface area contributed by atoms with E-state index >= 15 is 0 Å². The van der Waals surface area contributed by atoms with Crippen molar-refractivity contribution in [1.82, 2.24) is 4.90 Å². The van der Waals surface area contributed by atoms with Crippen LogP contribution >= 0.6 is 0 Å². The summed E-state index contributed by atoms with van der Waals surface area (Å²) < 4.78 is 5.39. The van der Waals surface area contributed by atoms with Crippen molar-refractivity contribution in [2.24, 2.45) is 5.73 Å². The second kappa shape index (κ2) is 6.72. The number of rotatable bonds is 6. The average Bonchev–Trinajstić information content (AvgIpc) is 2.90. The zero-order chi connectivity index (χ0) is 14.5. The van der Waals surface area contributed by atoms with Crippen LogP contribution in [-0.2, 0) is 11.3 Å². The molecule has 1 fully saturated rings. The highest BCUT2D eigenvalue weighted by molar-refractivity contribution is 5.68. The van der Waals surface area contributed by atoms with Gasteiger partial charge in [0.25, 0.3) is 0 Å². The molecule has 5 heteroatoms. The standard InChI is InChI=1S/C15H22N2O3/c1-20-14-5-4-11(13(16)9-15(18)19)8-12(14)10-17-6-2-3-7-17/h4-5,8,13H,2-3,6-7,9-10,16H2,1H3,(H,18,19). The van der Waals surface area contributed by atoms with Crippen molar-refractivity contribution in [3.05, 3.63) is 29.3 Å². The number of nitrogens with two attached hydrogens (primary N) is 1. The molecule has 0 aliphatic carbocycles. The highest BCUT2D eigenvalue weighted by Crippen LogP contribution is 2.26. The molecule has 1 aromatic rings. The van der Waals surface area contributed by atoms with Crippen LogP contribution in [0.25, 0.3) is 0 Å². The molecule has 0 saturated carbocycles. The minimum absolute atomic E-state index is 0.0600. The van der Waals surface area contributed by atoms with E-state index in [1.54, 1.807) is 7.11 Å². The minimum atomic E-state index is -0.880. The molecule has 0 amide bonds. The lowest BCUT2D eigenvalue weighted by molar-refractivity contribution is -0.137. The van der Waals surface area contributed by atoms with Gasteiger partial charge in [-0.15, -0.1) is 0 Å². The molecule has 1 heterocycles. The number of likely N-dealkylation sites (tertiary alicyclic amines) is 1. The second-order valence-electron chi connectivity index (χ2n) is 5.26. The molecule has 1 atom stereocenters. The Hall–Kier alpha value is -1.59. The molecular weight excluding hydrogens is 256 g/mol. The monoisotopic (exact) mass is 278 g/mol. The summed E-state index contributed by atoms with van der Waals surface area (Å²) in [5, 5.41) is 8.83. The molecule has 1 aliphatic rings.